The van der Waals surface area contributed by atoms with Gasteiger partial charge in [0.1, 0.15) is 17.2 Å². The Balaban J connectivity index is 1.56. The molecule has 6 atom stereocenters. The number of phenols is 1. The topological polar surface area (TPSA) is 122 Å². The van der Waals surface area contributed by atoms with Gasteiger partial charge in [0.05, 0.1) is 43.1 Å². The SMILES string of the molecule is COc1cc(O)c([C@H]2C3=CC[C@@H]4C(=O)NC(=O)[C@@H]4[C@@H]3C[C@H]3C(=O)N(c4cccc(Cl)c4)C(=O)[C@@]23c2ccccc2)c(OC)c1. The molecule has 7 rings (SSSR count). The van der Waals surface area contributed by atoms with E-state index >= 15 is 4.79 Å². The van der Waals surface area contributed by atoms with Crippen LogP contribution in [0.2, 0.25) is 5.02 Å². The van der Waals surface area contributed by atoms with Crippen molar-refractivity contribution >= 4 is 40.9 Å². The van der Waals surface area contributed by atoms with E-state index < -0.39 is 52.7 Å². The van der Waals surface area contributed by atoms with Crippen molar-refractivity contribution in [3.63, 3.8) is 0 Å². The van der Waals surface area contributed by atoms with E-state index in [2.05, 4.69) is 5.32 Å². The molecule has 2 aliphatic heterocycles. The number of carbonyl (C=O) groups excluding carboxylic acids is 4. The number of anilines is 1. The Hall–Kier alpha value is -4.63. The van der Waals surface area contributed by atoms with Crippen LogP contribution in [0.3, 0.4) is 0 Å². The fraction of sp³-hybridized carbons (Fsp3) is 0.294. The maximum atomic E-state index is 15.2. The largest absolute Gasteiger partial charge is 0.507 e. The number of nitrogens with one attached hydrogen (secondary N) is 1. The van der Waals surface area contributed by atoms with Gasteiger partial charge in [-0.15, -0.1) is 0 Å². The van der Waals surface area contributed by atoms with Gasteiger partial charge in [-0.25, -0.2) is 4.90 Å². The van der Waals surface area contributed by atoms with Crippen LogP contribution in [0, 0.1) is 23.7 Å². The predicted molar refractivity (Wildman–Crippen MR) is 160 cm³/mol. The predicted octanol–water partition coefficient (Wildman–Crippen LogP) is 4.51. The highest BCUT2D eigenvalue weighted by Crippen LogP contribution is 2.66. The van der Waals surface area contributed by atoms with Crippen LogP contribution < -0.4 is 19.7 Å². The summed E-state index contributed by atoms with van der Waals surface area (Å²) in [5.41, 5.74) is 0.391. The quantitative estimate of drug-likeness (QED) is 0.321. The molecule has 1 saturated carbocycles. The number of allylic oxidation sites excluding steroid dienone is 2. The first-order valence-electron chi connectivity index (χ1n) is 14.4. The van der Waals surface area contributed by atoms with Gasteiger partial charge in [0.25, 0.3) is 0 Å². The van der Waals surface area contributed by atoms with Crippen molar-refractivity contribution in [1.29, 1.82) is 0 Å². The van der Waals surface area contributed by atoms with Gasteiger partial charge in [-0.05, 0) is 42.5 Å². The van der Waals surface area contributed by atoms with Gasteiger partial charge in [0.2, 0.25) is 23.6 Å². The fourth-order valence-electron chi connectivity index (χ4n) is 8.13. The van der Waals surface area contributed by atoms with E-state index in [1.54, 1.807) is 30.3 Å². The van der Waals surface area contributed by atoms with Gasteiger partial charge in [0.15, 0.2) is 0 Å². The van der Waals surface area contributed by atoms with Crippen molar-refractivity contribution in [3.05, 3.63) is 94.5 Å². The molecule has 3 fully saturated rings. The molecule has 0 radical (unpaired) electrons. The Labute approximate surface area is 258 Å². The summed E-state index contributed by atoms with van der Waals surface area (Å²) < 4.78 is 11.2. The zero-order valence-electron chi connectivity index (χ0n) is 24.0. The van der Waals surface area contributed by atoms with E-state index in [1.165, 1.54) is 25.2 Å². The molecule has 0 aromatic heterocycles. The summed E-state index contributed by atoms with van der Waals surface area (Å²) in [5, 5.41) is 14.5. The van der Waals surface area contributed by atoms with E-state index in [9.17, 15) is 19.5 Å². The van der Waals surface area contributed by atoms with Crippen LogP contribution in [-0.4, -0.2) is 43.0 Å². The van der Waals surface area contributed by atoms with Crippen molar-refractivity contribution in [3.8, 4) is 17.2 Å². The number of methoxy groups -OCH3 is 2. The Morgan fingerprint density at radius 1 is 0.932 bits per heavy atom. The standard InChI is InChI=1S/C34H29ClN2O7/c1-43-20-14-25(38)28(26(15-20)44-2)29-21-11-12-22-27(31(40)36-30(22)39)23(21)16-24-32(41)37(19-10-6-9-18(35)13-19)33(42)34(24,29)17-7-4-3-5-8-17/h3-11,13-15,22-24,27,29,38H,12,16H2,1-2H3,(H,36,39,40)/t22-,23+,24-,27-,29+,34+/m0/s1. The number of aromatic hydroxyl groups is 1. The summed E-state index contributed by atoms with van der Waals surface area (Å²) >= 11 is 6.33. The third-order valence-corrected chi connectivity index (χ3v) is 10.1. The number of ether oxygens (including phenoxy) is 2. The highest BCUT2D eigenvalue weighted by molar-refractivity contribution is 6.32. The van der Waals surface area contributed by atoms with Gasteiger partial charge < -0.3 is 14.6 Å². The van der Waals surface area contributed by atoms with Gasteiger partial charge in [-0.3, -0.25) is 24.5 Å². The molecule has 3 aromatic rings. The van der Waals surface area contributed by atoms with Crippen LogP contribution in [0.4, 0.5) is 5.69 Å². The number of halogens is 1. The highest BCUT2D eigenvalue weighted by atomic mass is 35.5. The number of carbonyl (C=O) groups is 4. The molecule has 0 bridgehead atoms. The minimum atomic E-state index is -1.53. The van der Waals surface area contributed by atoms with Gasteiger partial charge >= 0.3 is 0 Å². The second-order valence-electron chi connectivity index (χ2n) is 11.7. The zero-order valence-corrected chi connectivity index (χ0v) is 24.7. The van der Waals surface area contributed by atoms with Crippen LogP contribution in [-0.2, 0) is 24.6 Å². The molecule has 2 aliphatic carbocycles. The molecule has 224 valence electrons. The summed E-state index contributed by atoms with van der Waals surface area (Å²) in [7, 11) is 2.92. The molecule has 2 heterocycles. The van der Waals surface area contributed by atoms with Crippen molar-refractivity contribution in [2.45, 2.75) is 24.2 Å². The van der Waals surface area contributed by atoms with Gasteiger partial charge in [0, 0.05) is 28.6 Å². The lowest BCUT2D eigenvalue weighted by Gasteiger charge is -2.51. The Bertz CT molecular complexity index is 1770. The van der Waals surface area contributed by atoms with E-state index in [0.29, 0.717) is 33.2 Å². The molecule has 0 spiro atoms. The molecular weight excluding hydrogens is 584 g/mol. The van der Waals surface area contributed by atoms with Crippen LogP contribution in [0.25, 0.3) is 0 Å². The van der Waals surface area contributed by atoms with Gasteiger partial charge in [-0.1, -0.05) is 59.6 Å². The molecule has 4 aliphatic rings. The molecule has 9 nitrogen and oxygen atoms in total. The molecule has 44 heavy (non-hydrogen) atoms. The van der Waals surface area contributed by atoms with Crippen molar-refractivity contribution in [2.24, 2.45) is 23.7 Å². The highest BCUT2D eigenvalue weighted by Gasteiger charge is 2.70. The molecule has 0 unspecified atom stereocenters. The number of amides is 4. The maximum Gasteiger partial charge on any atom is 0.246 e. The average molecular weight is 613 g/mol. The zero-order chi connectivity index (χ0) is 30.9. The van der Waals surface area contributed by atoms with E-state index in [4.69, 9.17) is 21.1 Å². The molecule has 3 aromatic carbocycles. The number of imide groups is 2. The van der Waals surface area contributed by atoms with Crippen molar-refractivity contribution in [2.75, 3.05) is 19.1 Å². The lowest BCUT2D eigenvalue weighted by atomic mass is 9.49. The lowest BCUT2D eigenvalue weighted by Crippen LogP contribution is -2.53. The second-order valence-corrected chi connectivity index (χ2v) is 12.1. The number of nitrogens with zero attached hydrogens (tertiary/aromatic N) is 1. The monoisotopic (exact) mass is 612 g/mol. The second kappa shape index (κ2) is 10.2. The number of benzene rings is 3. The number of rotatable bonds is 5. The smallest absolute Gasteiger partial charge is 0.246 e. The summed E-state index contributed by atoms with van der Waals surface area (Å²) in [6.45, 7) is 0. The summed E-state index contributed by atoms with van der Waals surface area (Å²) in [5.74, 6) is -4.95. The molecule has 4 amide bonds. The first-order chi connectivity index (χ1) is 21.2. The Morgan fingerprint density at radius 3 is 2.41 bits per heavy atom. The fourth-order valence-corrected chi connectivity index (χ4v) is 8.32. The number of hydrogen-bond donors (Lipinski definition) is 2. The minimum absolute atomic E-state index is 0.153. The van der Waals surface area contributed by atoms with Crippen LogP contribution in [0.15, 0.2) is 78.4 Å². The molecule has 10 heteroatoms. The van der Waals surface area contributed by atoms with E-state index in [-0.39, 0.29) is 30.2 Å². The summed E-state index contributed by atoms with van der Waals surface area (Å²) in [4.78, 5) is 57.1. The molecular formula is C34H29ClN2O7. The number of fused-ring (bicyclic) bond motifs is 4. The molecule has 2 saturated heterocycles. The van der Waals surface area contributed by atoms with Crippen LogP contribution in [0.5, 0.6) is 17.2 Å². The first-order valence-corrected chi connectivity index (χ1v) is 14.8. The van der Waals surface area contributed by atoms with Crippen LogP contribution in [0.1, 0.15) is 29.9 Å². The third kappa shape index (κ3) is 3.78. The third-order valence-electron chi connectivity index (χ3n) is 9.85. The van der Waals surface area contributed by atoms with Gasteiger partial charge in [-0.2, -0.15) is 0 Å². The minimum Gasteiger partial charge on any atom is -0.507 e. The first kappa shape index (κ1) is 28.2. The van der Waals surface area contributed by atoms with Crippen molar-refractivity contribution < 1.29 is 33.8 Å². The summed E-state index contributed by atoms with van der Waals surface area (Å²) in [6.07, 6.45) is 2.35. The Kier molecular flexibility index (Phi) is 6.55. The van der Waals surface area contributed by atoms with E-state index in [1.807, 2.05) is 36.4 Å². The molecule has 2 N–H and O–H groups in total. The lowest BCUT2D eigenvalue weighted by molar-refractivity contribution is -0.128. The number of hydrogen-bond acceptors (Lipinski definition) is 7. The normalized spacial score (nSPS) is 29.0. The average Bonchev–Trinajstić information content (AvgIpc) is 3.44. The van der Waals surface area contributed by atoms with Crippen molar-refractivity contribution in [1.82, 2.24) is 5.32 Å². The Morgan fingerprint density at radius 2 is 1.70 bits per heavy atom. The summed E-state index contributed by atoms with van der Waals surface area (Å²) in [6, 6.07) is 18.7. The number of phenolic OH excluding ortho intramolecular Hbond substituents is 1. The maximum absolute atomic E-state index is 15.2. The van der Waals surface area contributed by atoms with E-state index in [0.717, 1.165) is 0 Å². The van der Waals surface area contributed by atoms with Crippen LogP contribution >= 0.6 is 11.6 Å².